The number of nitrogens with zero attached hydrogens (tertiary/aromatic N) is 2. The predicted molar refractivity (Wildman–Crippen MR) is 69.7 cm³/mol. The fourth-order valence-corrected chi connectivity index (χ4v) is 2.85. The molecule has 0 fully saturated rings. The Bertz CT molecular complexity index is 638. The molecule has 1 rings (SSSR count). The molecule has 1 aromatic rings. The van der Waals surface area contributed by atoms with Gasteiger partial charge in [0.1, 0.15) is 23.5 Å². The molecular formula is C11H3Br2F4N3. The molecular weight excluding hydrogens is 410 g/mol. The quantitative estimate of drug-likeness (QED) is 0.565. The summed E-state index contributed by atoms with van der Waals surface area (Å²) in [4.78, 5) is 0. The van der Waals surface area contributed by atoms with Gasteiger partial charge >= 0.3 is 6.18 Å². The molecule has 0 aliphatic rings. The van der Waals surface area contributed by atoms with Gasteiger partial charge in [-0.05, 0) is 22.0 Å². The fourth-order valence-electron chi connectivity index (χ4n) is 1.22. The molecule has 0 aliphatic heterocycles. The third kappa shape index (κ3) is 3.50. The molecule has 0 spiro atoms. The number of allylic oxidation sites excluding steroid dienone is 1. The summed E-state index contributed by atoms with van der Waals surface area (Å²) < 4.78 is 51.1. The molecule has 0 heterocycles. The zero-order valence-corrected chi connectivity index (χ0v) is 12.5. The van der Waals surface area contributed by atoms with Gasteiger partial charge in [-0.1, -0.05) is 15.9 Å². The predicted octanol–water partition coefficient (Wildman–Crippen LogP) is 4.71. The summed E-state index contributed by atoms with van der Waals surface area (Å²) in [6.07, 6.45) is -3.89. The lowest BCUT2D eigenvalue weighted by molar-refractivity contribution is -0.138. The monoisotopic (exact) mass is 411 g/mol. The molecule has 0 aliphatic carbocycles. The highest BCUT2D eigenvalue weighted by Crippen LogP contribution is 2.44. The standard InChI is InChI=1S/C11H3Br2F4N3/c12-6-1-7(14)10(20-4-5(2-18)3-19)9(13)8(6)11(15,16)17/h1,4,20H. The second-order valence-electron chi connectivity index (χ2n) is 3.33. The van der Waals surface area contributed by atoms with Gasteiger partial charge in [-0.25, -0.2) is 4.39 Å². The fraction of sp³-hybridized carbons (Fsp3) is 0.0909. The Balaban J connectivity index is 3.40. The van der Waals surface area contributed by atoms with E-state index in [1.54, 1.807) is 0 Å². The number of nitrogens with one attached hydrogen (secondary N) is 1. The molecule has 0 saturated heterocycles. The van der Waals surface area contributed by atoms with Gasteiger partial charge in [0.25, 0.3) is 0 Å². The first kappa shape index (κ1) is 16.5. The van der Waals surface area contributed by atoms with Crippen LogP contribution in [0.15, 0.2) is 26.8 Å². The van der Waals surface area contributed by atoms with Crippen LogP contribution in [0.1, 0.15) is 5.56 Å². The lowest BCUT2D eigenvalue weighted by Gasteiger charge is -2.15. The first-order valence-electron chi connectivity index (χ1n) is 4.74. The summed E-state index contributed by atoms with van der Waals surface area (Å²) in [6, 6.07) is 3.61. The molecule has 0 atom stereocenters. The minimum atomic E-state index is -4.71. The molecule has 3 nitrogen and oxygen atoms in total. The lowest BCUT2D eigenvalue weighted by Crippen LogP contribution is -2.10. The van der Waals surface area contributed by atoms with Crippen LogP contribution in [0.2, 0.25) is 0 Å². The maximum Gasteiger partial charge on any atom is 0.418 e. The first-order chi connectivity index (χ1) is 9.22. The molecule has 0 amide bonds. The maximum absolute atomic E-state index is 13.7. The van der Waals surface area contributed by atoms with Crippen molar-refractivity contribution in [2.24, 2.45) is 0 Å². The van der Waals surface area contributed by atoms with Crippen LogP contribution in [0.25, 0.3) is 0 Å². The van der Waals surface area contributed by atoms with E-state index >= 15 is 0 Å². The molecule has 20 heavy (non-hydrogen) atoms. The molecule has 0 bridgehead atoms. The van der Waals surface area contributed by atoms with Crippen molar-refractivity contribution in [2.45, 2.75) is 6.18 Å². The van der Waals surface area contributed by atoms with Crippen LogP contribution in [0.4, 0.5) is 23.2 Å². The molecule has 1 N–H and O–H groups in total. The van der Waals surface area contributed by atoms with Crippen molar-refractivity contribution in [1.82, 2.24) is 0 Å². The van der Waals surface area contributed by atoms with Gasteiger partial charge in [-0.15, -0.1) is 0 Å². The minimum absolute atomic E-state index is 0.409. The number of nitriles is 2. The van der Waals surface area contributed by atoms with Gasteiger partial charge in [0.2, 0.25) is 0 Å². The topological polar surface area (TPSA) is 59.6 Å². The van der Waals surface area contributed by atoms with E-state index in [-0.39, 0.29) is 0 Å². The third-order valence-electron chi connectivity index (χ3n) is 2.06. The zero-order valence-electron chi connectivity index (χ0n) is 9.32. The van der Waals surface area contributed by atoms with Gasteiger partial charge in [-0.2, -0.15) is 23.7 Å². The molecule has 9 heteroatoms. The average molecular weight is 413 g/mol. The first-order valence-corrected chi connectivity index (χ1v) is 6.32. The Hall–Kier alpha value is -1.58. The van der Waals surface area contributed by atoms with Gasteiger partial charge in [-0.3, -0.25) is 0 Å². The van der Waals surface area contributed by atoms with Gasteiger partial charge in [0, 0.05) is 10.7 Å². The third-order valence-corrected chi connectivity index (χ3v) is 3.47. The summed E-state index contributed by atoms with van der Waals surface area (Å²) in [6.45, 7) is 0. The van der Waals surface area contributed by atoms with Crippen LogP contribution in [0.3, 0.4) is 0 Å². The summed E-state index contributed by atoms with van der Waals surface area (Å²) >= 11 is 5.30. The number of rotatable bonds is 2. The van der Waals surface area contributed by atoms with Crippen LogP contribution in [0, 0.1) is 28.5 Å². The number of alkyl halides is 3. The van der Waals surface area contributed by atoms with Crippen molar-refractivity contribution in [3.8, 4) is 12.1 Å². The number of benzene rings is 1. The van der Waals surface area contributed by atoms with Gasteiger partial charge in [0.15, 0.2) is 0 Å². The van der Waals surface area contributed by atoms with E-state index in [9.17, 15) is 17.6 Å². The summed E-state index contributed by atoms with van der Waals surface area (Å²) in [5, 5.41) is 19.2. The minimum Gasteiger partial charge on any atom is -0.357 e. The molecule has 0 aromatic heterocycles. The van der Waals surface area contributed by atoms with Crippen molar-refractivity contribution < 1.29 is 17.6 Å². The summed E-state index contributed by atoms with van der Waals surface area (Å²) in [5.41, 5.74) is -2.04. The van der Waals surface area contributed by atoms with Crippen LogP contribution in [0.5, 0.6) is 0 Å². The van der Waals surface area contributed by atoms with E-state index in [0.717, 1.165) is 6.20 Å². The maximum atomic E-state index is 13.7. The number of hydrogen-bond acceptors (Lipinski definition) is 3. The molecule has 0 radical (unpaired) electrons. The van der Waals surface area contributed by atoms with Crippen molar-refractivity contribution >= 4 is 37.5 Å². The zero-order chi connectivity index (χ0) is 15.5. The van der Waals surface area contributed by atoms with Gasteiger partial charge in [0.05, 0.1) is 15.7 Å². The molecule has 0 saturated carbocycles. The van der Waals surface area contributed by atoms with E-state index in [2.05, 4.69) is 37.2 Å². The highest BCUT2D eigenvalue weighted by Gasteiger charge is 2.37. The second kappa shape index (κ2) is 6.25. The van der Waals surface area contributed by atoms with Crippen molar-refractivity contribution in [1.29, 1.82) is 10.5 Å². The van der Waals surface area contributed by atoms with Crippen LogP contribution in [-0.4, -0.2) is 0 Å². The normalized spacial score (nSPS) is 10.4. The van der Waals surface area contributed by atoms with E-state index in [1.165, 1.54) is 12.1 Å². The average Bonchev–Trinajstić information content (AvgIpc) is 2.31. The Morgan fingerprint density at radius 1 is 1.25 bits per heavy atom. The Morgan fingerprint density at radius 2 is 1.80 bits per heavy atom. The van der Waals surface area contributed by atoms with Crippen LogP contribution < -0.4 is 5.32 Å². The number of anilines is 1. The molecule has 104 valence electrons. The van der Waals surface area contributed by atoms with E-state index in [4.69, 9.17) is 10.5 Å². The Labute approximate surface area is 127 Å². The van der Waals surface area contributed by atoms with Crippen molar-refractivity contribution in [3.63, 3.8) is 0 Å². The Morgan fingerprint density at radius 3 is 2.25 bits per heavy atom. The summed E-state index contributed by atoms with van der Waals surface area (Å²) in [5.74, 6) is -0.983. The number of halogens is 6. The van der Waals surface area contributed by atoms with Crippen LogP contribution >= 0.6 is 31.9 Å². The molecule has 0 unspecified atom stereocenters. The summed E-state index contributed by atoms with van der Waals surface area (Å²) in [7, 11) is 0. The molecule has 1 aromatic carbocycles. The highest BCUT2D eigenvalue weighted by atomic mass is 79.9. The van der Waals surface area contributed by atoms with Crippen LogP contribution in [-0.2, 0) is 6.18 Å². The largest absolute Gasteiger partial charge is 0.418 e. The van der Waals surface area contributed by atoms with Gasteiger partial charge < -0.3 is 5.32 Å². The van der Waals surface area contributed by atoms with E-state index in [1.807, 2.05) is 0 Å². The Kier molecular flexibility index (Phi) is 5.15. The highest BCUT2D eigenvalue weighted by molar-refractivity contribution is 9.11. The van der Waals surface area contributed by atoms with Crippen molar-refractivity contribution in [2.75, 3.05) is 5.32 Å². The smallest absolute Gasteiger partial charge is 0.357 e. The second-order valence-corrected chi connectivity index (χ2v) is 4.98. The van der Waals surface area contributed by atoms with E-state index in [0.29, 0.717) is 6.07 Å². The SMILES string of the molecule is N#CC(C#N)=CNc1c(F)cc(Br)c(C(F)(F)F)c1Br. The number of hydrogen-bond donors (Lipinski definition) is 1. The lowest BCUT2D eigenvalue weighted by atomic mass is 10.2. The van der Waals surface area contributed by atoms with E-state index < -0.39 is 37.8 Å². The van der Waals surface area contributed by atoms with Crippen molar-refractivity contribution in [3.05, 3.63) is 38.2 Å².